The Morgan fingerprint density at radius 2 is 2.17 bits per heavy atom. The van der Waals surface area contributed by atoms with E-state index in [1.165, 1.54) is 6.20 Å². The molecule has 0 bridgehead atoms. The number of aliphatic hydroxyl groups excluding tert-OH is 2. The lowest BCUT2D eigenvalue weighted by Gasteiger charge is -2.21. The lowest BCUT2D eigenvalue weighted by molar-refractivity contribution is 0.00992. The lowest BCUT2D eigenvalue weighted by atomic mass is 10.1. The van der Waals surface area contributed by atoms with Crippen molar-refractivity contribution in [3.63, 3.8) is 0 Å². The first-order valence-electron chi connectivity index (χ1n) is 7.39. The number of ether oxygens (including phenoxy) is 1. The minimum absolute atomic E-state index is 0.160. The molecule has 0 saturated heterocycles. The Labute approximate surface area is 133 Å². The number of aromatic nitrogens is 3. The molecule has 0 aliphatic heterocycles. The zero-order chi connectivity index (χ0) is 17.0. The first kappa shape index (κ1) is 17.2. The summed E-state index contributed by atoms with van der Waals surface area (Å²) in [5.41, 5.74) is 0.925. The molecule has 8 nitrogen and oxygen atoms in total. The average Bonchev–Trinajstić information content (AvgIpc) is 2.91. The van der Waals surface area contributed by atoms with E-state index in [-0.39, 0.29) is 18.7 Å². The van der Waals surface area contributed by atoms with Crippen LogP contribution in [0, 0.1) is 0 Å². The van der Waals surface area contributed by atoms with Crippen molar-refractivity contribution in [2.45, 2.75) is 45.0 Å². The molecule has 8 heteroatoms. The van der Waals surface area contributed by atoms with Crippen molar-refractivity contribution < 1.29 is 19.7 Å². The summed E-state index contributed by atoms with van der Waals surface area (Å²) in [7, 11) is 0. The van der Waals surface area contributed by atoms with Crippen LogP contribution in [0.3, 0.4) is 0 Å². The number of amides is 1. The molecule has 0 aliphatic carbocycles. The number of aromatic amines is 1. The maximum atomic E-state index is 11.5. The van der Waals surface area contributed by atoms with E-state index in [0.29, 0.717) is 11.2 Å². The third kappa shape index (κ3) is 4.90. The van der Waals surface area contributed by atoms with Gasteiger partial charge in [-0.05, 0) is 33.3 Å². The summed E-state index contributed by atoms with van der Waals surface area (Å²) in [6.45, 7) is 5.47. The highest BCUT2D eigenvalue weighted by Crippen LogP contribution is 2.18. The van der Waals surface area contributed by atoms with Gasteiger partial charge in [-0.25, -0.2) is 14.8 Å². The summed E-state index contributed by atoms with van der Waals surface area (Å²) in [5, 5.41) is 22.7. The average molecular weight is 322 g/mol. The van der Waals surface area contributed by atoms with Crippen LogP contribution in [-0.4, -0.2) is 49.5 Å². The zero-order valence-electron chi connectivity index (χ0n) is 13.4. The first-order valence-corrected chi connectivity index (χ1v) is 7.39. The van der Waals surface area contributed by atoms with Crippen LogP contribution >= 0.6 is 0 Å². The van der Waals surface area contributed by atoms with Crippen molar-refractivity contribution in [1.29, 1.82) is 0 Å². The summed E-state index contributed by atoms with van der Waals surface area (Å²) in [6.07, 6.45) is 0.453. The number of aliphatic hydroxyl groups is 2. The van der Waals surface area contributed by atoms with Gasteiger partial charge in [-0.1, -0.05) is 0 Å². The molecule has 0 saturated carbocycles. The second-order valence-electron chi connectivity index (χ2n) is 6.24. The number of nitrogens with zero attached hydrogens (tertiary/aromatic N) is 2. The second kappa shape index (κ2) is 6.93. The highest BCUT2D eigenvalue weighted by atomic mass is 16.6. The molecule has 0 aliphatic rings. The minimum Gasteiger partial charge on any atom is -0.444 e. The molecular formula is C15H22N4O4. The molecule has 0 spiro atoms. The standard InChI is InChI=1S/C15H22N4O4/c1-15(2,3)23-14(22)17-7-5-11(20)12(21)10-8-18-13-9(19-10)4-6-16-13/h4,6,8,11-12,20-21H,5,7H2,1-3H3,(H,16,18)(H,17,22). The number of hydrogen-bond acceptors (Lipinski definition) is 6. The number of rotatable bonds is 5. The predicted octanol–water partition coefficient (Wildman–Crippen LogP) is 1.27. The Balaban J connectivity index is 1.85. The summed E-state index contributed by atoms with van der Waals surface area (Å²) < 4.78 is 5.08. The lowest BCUT2D eigenvalue weighted by Crippen LogP contribution is -2.34. The van der Waals surface area contributed by atoms with E-state index in [4.69, 9.17) is 4.74 Å². The van der Waals surface area contributed by atoms with Crippen LogP contribution in [0.15, 0.2) is 18.5 Å². The molecule has 0 radical (unpaired) electrons. The van der Waals surface area contributed by atoms with Crippen LogP contribution in [0.25, 0.3) is 11.2 Å². The van der Waals surface area contributed by atoms with Crippen molar-refractivity contribution in [2.75, 3.05) is 6.54 Å². The fourth-order valence-corrected chi connectivity index (χ4v) is 1.98. The van der Waals surface area contributed by atoms with Gasteiger partial charge >= 0.3 is 6.09 Å². The molecule has 2 heterocycles. The van der Waals surface area contributed by atoms with Gasteiger partial charge in [0.05, 0.1) is 18.0 Å². The molecule has 2 unspecified atom stereocenters. The van der Waals surface area contributed by atoms with Crippen molar-refractivity contribution in [1.82, 2.24) is 20.3 Å². The van der Waals surface area contributed by atoms with E-state index in [1.807, 2.05) is 0 Å². The Kier molecular flexibility index (Phi) is 5.17. The summed E-state index contributed by atoms with van der Waals surface area (Å²) >= 11 is 0. The minimum atomic E-state index is -1.18. The molecular weight excluding hydrogens is 300 g/mol. The third-order valence-electron chi connectivity index (χ3n) is 3.06. The number of fused-ring (bicyclic) bond motifs is 1. The van der Waals surface area contributed by atoms with Crippen LogP contribution in [0.4, 0.5) is 4.79 Å². The maximum Gasteiger partial charge on any atom is 0.407 e. The summed E-state index contributed by atoms with van der Waals surface area (Å²) in [4.78, 5) is 22.7. The van der Waals surface area contributed by atoms with Gasteiger partial charge in [-0.2, -0.15) is 0 Å². The molecule has 2 aromatic rings. The molecule has 0 fully saturated rings. The fourth-order valence-electron chi connectivity index (χ4n) is 1.98. The van der Waals surface area contributed by atoms with Gasteiger partial charge in [0.2, 0.25) is 0 Å². The van der Waals surface area contributed by atoms with Gasteiger partial charge in [-0.3, -0.25) is 0 Å². The summed E-state index contributed by atoms with van der Waals surface area (Å²) in [6, 6.07) is 1.73. The third-order valence-corrected chi connectivity index (χ3v) is 3.06. The van der Waals surface area contributed by atoms with E-state index in [9.17, 15) is 15.0 Å². The number of alkyl carbamates (subject to hydrolysis) is 1. The zero-order valence-corrected chi connectivity index (χ0v) is 13.4. The largest absolute Gasteiger partial charge is 0.444 e. The maximum absolute atomic E-state index is 11.5. The van der Waals surface area contributed by atoms with E-state index in [2.05, 4.69) is 20.3 Å². The molecule has 2 atom stereocenters. The van der Waals surface area contributed by atoms with Crippen LogP contribution in [0.5, 0.6) is 0 Å². The quantitative estimate of drug-likeness (QED) is 0.658. The number of carbonyl (C=O) groups excluding carboxylic acids is 1. The molecule has 4 N–H and O–H groups in total. The molecule has 2 rings (SSSR count). The monoisotopic (exact) mass is 322 g/mol. The van der Waals surface area contributed by atoms with E-state index in [0.717, 1.165) is 0 Å². The number of hydrogen-bond donors (Lipinski definition) is 4. The summed E-state index contributed by atoms with van der Waals surface area (Å²) in [5.74, 6) is 0. The number of H-pyrrole nitrogens is 1. The second-order valence-corrected chi connectivity index (χ2v) is 6.24. The molecule has 23 heavy (non-hydrogen) atoms. The van der Waals surface area contributed by atoms with Gasteiger partial charge in [0, 0.05) is 12.7 Å². The highest BCUT2D eigenvalue weighted by Gasteiger charge is 2.21. The Morgan fingerprint density at radius 1 is 1.43 bits per heavy atom. The van der Waals surface area contributed by atoms with Crippen LogP contribution in [0.2, 0.25) is 0 Å². The molecule has 2 aromatic heterocycles. The van der Waals surface area contributed by atoms with Gasteiger partial charge < -0.3 is 25.3 Å². The van der Waals surface area contributed by atoms with E-state index < -0.39 is 23.9 Å². The van der Waals surface area contributed by atoms with Crippen molar-refractivity contribution >= 4 is 17.3 Å². The SMILES string of the molecule is CC(C)(C)OC(=O)NCCC(O)C(O)c1cnc2[nH]ccc2n1. The Bertz CT molecular complexity index is 665. The van der Waals surface area contributed by atoms with E-state index >= 15 is 0 Å². The molecule has 1 amide bonds. The van der Waals surface area contributed by atoms with Crippen LogP contribution in [-0.2, 0) is 4.74 Å². The fraction of sp³-hybridized carbons (Fsp3) is 0.533. The van der Waals surface area contributed by atoms with Crippen LogP contribution in [0.1, 0.15) is 39.0 Å². The normalized spacial score (nSPS) is 14.5. The predicted molar refractivity (Wildman–Crippen MR) is 83.7 cm³/mol. The van der Waals surface area contributed by atoms with Gasteiger partial charge in [0.1, 0.15) is 17.2 Å². The Morgan fingerprint density at radius 3 is 2.87 bits per heavy atom. The number of carbonyl (C=O) groups is 1. The number of nitrogens with one attached hydrogen (secondary N) is 2. The van der Waals surface area contributed by atoms with E-state index in [1.54, 1.807) is 33.0 Å². The topological polar surface area (TPSA) is 120 Å². The first-order chi connectivity index (χ1) is 10.8. The Hall–Kier alpha value is -2.19. The van der Waals surface area contributed by atoms with Crippen molar-refractivity contribution in [2.24, 2.45) is 0 Å². The van der Waals surface area contributed by atoms with Gasteiger partial charge in [-0.15, -0.1) is 0 Å². The van der Waals surface area contributed by atoms with Crippen molar-refractivity contribution in [3.05, 3.63) is 24.2 Å². The molecule has 0 aromatic carbocycles. The molecule has 126 valence electrons. The van der Waals surface area contributed by atoms with Crippen LogP contribution < -0.4 is 5.32 Å². The van der Waals surface area contributed by atoms with Crippen molar-refractivity contribution in [3.8, 4) is 0 Å². The van der Waals surface area contributed by atoms with Gasteiger partial charge in [0.15, 0.2) is 5.65 Å². The highest BCUT2D eigenvalue weighted by molar-refractivity contribution is 5.70. The smallest absolute Gasteiger partial charge is 0.407 e. The van der Waals surface area contributed by atoms with Gasteiger partial charge in [0.25, 0.3) is 0 Å².